The van der Waals surface area contributed by atoms with Gasteiger partial charge >= 0.3 is 6.03 Å². The van der Waals surface area contributed by atoms with E-state index in [1.54, 1.807) is 0 Å². The second kappa shape index (κ2) is 3.54. The van der Waals surface area contributed by atoms with E-state index in [1.807, 2.05) is 0 Å². The molecule has 2 fully saturated rings. The molecule has 2 aliphatic rings. The molecule has 1 saturated heterocycles. The number of primary amides is 1. The van der Waals surface area contributed by atoms with E-state index in [9.17, 15) is 4.79 Å². The minimum absolute atomic E-state index is 0.233. The van der Waals surface area contributed by atoms with Crippen LogP contribution >= 0.6 is 0 Å². The monoisotopic (exact) mass is 184 g/mol. The van der Waals surface area contributed by atoms with E-state index in [-0.39, 0.29) is 6.04 Å². The van der Waals surface area contributed by atoms with Crippen molar-refractivity contribution in [2.24, 2.45) is 11.7 Å². The molecule has 0 aromatic heterocycles. The molecular weight excluding hydrogens is 168 g/mol. The van der Waals surface area contributed by atoms with Crippen LogP contribution in [-0.4, -0.2) is 24.8 Å². The number of carbonyl (C=O) groups excluding carboxylic acids is 1. The maximum absolute atomic E-state index is 10.6. The first-order valence-corrected chi connectivity index (χ1v) is 4.93. The molecule has 0 bridgehead atoms. The Morgan fingerprint density at radius 1 is 1.38 bits per heavy atom. The number of hydrogen-bond donors (Lipinski definition) is 2. The summed E-state index contributed by atoms with van der Waals surface area (Å²) in [6, 6.07) is -0.182. The Bertz CT molecular complexity index is 204. The fourth-order valence-corrected chi connectivity index (χ4v) is 1.96. The number of nitrogens with two attached hydrogens (primary N) is 1. The molecule has 2 rings (SSSR count). The van der Waals surface area contributed by atoms with E-state index in [2.05, 4.69) is 5.32 Å². The van der Waals surface area contributed by atoms with Gasteiger partial charge in [-0.2, -0.15) is 0 Å². The Morgan fingerprint density at radius 3 is 2.77 bits per heavy atom. The van der Waals surface area contributed by atoms with Crippen LogP contribution in [0.3, 0.4) is 0 Å². The third-order valence-corrected chi connectivity index (χ3v) is 2.81. The number of rotatable bonds is 2. The Morgan fingerprint density at radius 2 is 2.15 bits per heavy atom. The highest BCUT2D eigenvalue weighted by Crippen LogP contribution is 2.37. The van der Waals surface area contributed by atoms with Crippen LogP contribution in [0.2, 0.25) is 0 Å². The normalized spacial score (nSPS) is 34.2. The van der Waals surface area contributed by atoms with Crippen LogP contribution in [-0.2, 0) is 4.74 Å². The molecule has 0 radical (unpaired) electrons. The van der Waals surface area contributed by atoms with Gasteiger partial charge in [0.1, 0.15) is 0 Å². The van der Waals surface area contributed by atoms with Crippen LogP contribution in [0, 0.1) is 5.92 Å². The quantitative estimate of drug-likeness (QED) is 0.660. The molecule has 4 nitrogen and oxygen atoms in total. The average molecular weight is 184 g/mol. The second-order valence-corrected chi connectivity index (χ2v) is 3.98. The minimum atomic E-state index is -0.415. The summed E-state index contributed by atoms with van der Waals surface area (Å²) >= 11 is 0. The summed E-state index contributed by atoms with van der Waals surface area (Å²) in [6.07, 6.45) is 4.77. The van der Waals surface area contributed by atoms with E-state index in [4.69, 9.17) is 10.5 Å². The van der Waals surface area contributed by atoms with Crippen LogP contribution < -0.4 is 11.1 Å². The summed E-state index contributed by atoms with van der Waals surface area (Å²) < 4.78 is 5.62. The summed E-state index contributed by atoms with van der Waals surface area (Å²) in [7, 11) is 0. The van der Waals surface area contributed by atoms with Gasteiger partial charge in [0, 0.05) is 12.6 Å². The molecule has 3 N–H and O–H groups in total. The molecule has 2 atom stereocenters. The first-order chi connectivity index (χ1) is 6.25. The number of hydrogen-bond acceptors (Lipinski definition) is 2. The largest absolute Gasteiger partial charge is 0.378 e. The number of urea groups is 1. The highest BCUT2D eigenvalue weighted by molar-refractivity contribution is 5.71. The molecule has 0 aromatic carbocycles. The number of amides is 2. The summed E-state index contributed by atoms with van der Waals surface area (Å²) in [6.45, 7) is 0.756. The third-order valence-electron chi connectivity index (χ3n) is 2.81. The molecule has 1 aliphatic carbocycles. The van der Waals surface area contributed by atoms with Crippen molar-refractivity contribution in [3.05, 3.63) is 0 Å². The van der Waals surface area contributed by atoms with Gasteiger partial charge in [0.15, 0.2) is 0 Å². The number of carbonyl (C=O) groups is 1. The van der Waals surface area contributed by atoms with Crippen LogP contribution in [0.15, 0.2) is 0 Å². The van der Waals surface area contributed by atoms with Gasteiger partial charge in [-0.1, -0.05) is 0 Å². The van der Waals surface area contributed by atoms with Crippen LogP contribution in [0.4, 0.5) is 4.79 Å². The number of ether oxygens (including phenoxy) is 1. The van der Waals surface area contributed by atoms with E-state index in [0.717, 1.165) is 25.4 Å². The molecule has 74 valence electrons. The summed E-state index contributed by atoms with van der Waals surface area (Å²) in [5.41, 5.74) is 5.07. The maximum Gasteiger partial charge on any atom is 0.312 e. The van der Waals surface area contributed by atoms with Gasteiger partial charge in [0.2, 0.25) is 0 Å². The van der Waals surface area contributed by atoms with E-state index in [1.165, 1.54) is 12.8 Å². The Kier molecular flexibility index (Phi) is 2.40. The van der Waals surface area contributed by atoms with Gasteiger partial charge in [-0.15, -0.1) is 0 Å². The fourth-order valence-electron chi connectivity index (χ4n) is 1.96. The van der Waals surface area contributed by atoms with Gasteiger partial charge in [-0.3, -0.25) is 0 Å². The van der Waals surface area contributed by atoms with Gasteiger partial charge in [0.25, 0.3) is 0 Å². The first kappa shape index (κ1) is 8.81. The molecule has 1 aliphatic heterocycles. The van der Waals surface area contributed by atoms with Crippen molar-refractivity contribution < 1.29 is 9.53 Å². The molecule has 13 heavy (non-hydrogen) atoms. The first-order valence-electron chi connectivity index (χ1n) is 4.93. The van der Waals surface area contributed by atoms with Gasteiger partial charge in [-0.25, -0.2) is 4.79 Å². The Hall–Kier alpha value is -0.770. The van der Waals surface area contributed by atoms with Crippen molar-refractivity contribution in [2.75, 3.05) is 6.61 Å². The maximum atomic E-state index is 10.6. The van der Waals surface area contributed by atoms with Crippen molar-refractivity contribution in [1.82, 2.24) is 5.32 Å². The lowest BCUT2D eigenvalue weighted by Crippen LogP contribution is -2.44. The minimum Gasteiger partial charge on any atom is -0.378 e. The van der Waals surface area contributed by atoms with Gasteiger partial charge < -0.3 is 15.8 Å². The van der Waals surface area contributed by atoms with Crippen molar-refractivity contribution in [2.45, 2.75) is 37.8 Å². The molecule has 2 amide bonds. The lowest BCUT2D eigenvalue weighted by Gasteiger charge is -2.29. The summed E-state index contributed by atoms with van der Waals surface area (Å²) in [4.78, 5) is 10.6. The Labute approximate surface area is 77.8 Å². The molecule has 0 aromatic rings. The average Bonchev–Trinajstić information content (AvgIpc) is 2.85. The van der Waals surface area contributed by atoms with Crippen LogP contribution in [0.25, 0.3) is 0 Å². The van der Waals surface area contributed by atoms with E-state index < -0.39 is 6.03 Å². The smallest absolute Gasteiger partial charge is 0.312 e. The zero-order chi connectivity index (χ0) is 9.26. The zero-order valence-corrected chi connectivity index (χ0v) is 7.66. The zero-order valence-electron chi connectivity index (χ0n) is 7.66. The predicted molar refractivity (Wildman–Crippen MR) is 48.2 cm³/mol. The second-order valence-electron chi connectivity index (χ2n) is 3.98. The van der Waals surface area contributed by atoms with Crippen molar-refractivity contribution in [3.8, 4) is 0 Å². The Balaban J connectivity index is 1.80. The highest BCUT2D eigenvalue weighted by Gasteiger charge is 2.35. The molecule has 1 heterocycles. The third kappa shape index (κ3) is 2.34. The van der Waals surface area contributed by atoms with Crippen molar-refractivity contribution in [1.29, 1.82) is 0 Å². The lowest BCUT2D eigenvalue weighted by molar-refractivity contribution is -0.00897. The lowest BCUT2D eigenvalue weighted by atomic mass is 10.0. The van der Waals surface area contributed by atoms with Crippen molar-refractivity contribution in [3.63, 3.8) is 0 Å². The molecule has 4 heteroatoms. The fraction of sp³-hybridized carbons (Fsp3) is 0.889. The highest BCUT2D eigenvalue weighted by atomic mass is 16.5. The predicted octanol–water partition coefficient (Wildman–Crippen LogP) is 0.612. The van der Waals surface area contributed by atoms with Gasteiger partial charge in [-0.05, 0) is 31.6 Å². The molecular formula is C9H16N2O2. The molecule has 1 saturated carbocycles. The van der Waals surface area contributed by atoms with Crippen LogP contribution in [0.5, 0.6) is 0 Å². The molecule has 0 spiro atoms. The molecule has 2 unspecified atom stereocenters. The number of nitrogens with one attached hydrogen (secondary N) is 1. The van der Waals surface area contributed by atoms with E-state index in [0.29, 0.717) is 6.10 Å². The summed E-state index contributed by atoms with van der Waals surface area (Å²) in [5.74, 6) is 0.748. The SMILES string of the molecule is NC(=O)NC1CCOC(C2CC2)C1. The van der Waals surface area contributed by atoms with Gasteiger partial charge in [0.05, 0.1) is 6.10 Å². The van der Waals surface area contributed by atoms with E-state index >= 15 is 0 Å². The topological polar surface area (TPSA) is 64.4 Å². The van der Waals surface area contributed by atoms with Crippen LogP contribution in [0.1, 0.15) is 25.7 Å². The summed E-state index contributed by atoms with van der Waals surface area (Å²) in [5, 5.41) is 2.75. The standard InChI is InChI=1S/C9H16N2O2/c10-9(12)11-7-3-4-13-8(5-7)6-1-2-6/h6-8H,1-5H2,(H3,10,11,12). The van der Waals surface area contributed by atoms with Crippen molar-refractivity contribution >= 4 is 6.03 Å².